The van der Waals surface area contributed by atoms with E-state index in [1.807, 2.05) is 42.5 Å². The van der Waals surface area contributed by atoms with Crippen LogP contribution in [0.2, 0.25) is 0 Å². The Morgan fingerprint density at radius 2 is 1.39 bits per heavy atom. The molecule has 0 saturated heterocycles. The molecular weight excluding hydrogens is 417 g/mol. The van der Waals surface area contributed by atoms with E-state index < -0.39 is 11.7 Å². The van der Waals surface area contributed by atoms with Gasteiger partial charge in [-0.2, -0.15) is 0 Å². The van der Waals surface area contributed by atoms with Gasteiger partial charge < -0.3 is 21.5 Å². The van der Waals surface area contributed by atoms with Crippen molar-refractivity contribution < 1.29 is 13.9 Å². The van der Waals surface area contributed by atoms with Crippen molar-refractivity contribution in [2.75, 3.05) is 16.8 Å². The normalized spacial score (nSPS) is 10.7. The number of rotatable bonds is 7. The van der Waals surface area contributed by atoms with Crippen LogP contribution in [0.4, 0.5) is 21.5 Å². The fourth-order valence-corrected chi connectivity index (χ4v) is 3.38. The number of halogens is 1. The highest BCUT2D eigenvalue weighted by Gasteiger charge is 2.14. The fourth-order valence-electron chi connectivity index (χ4n) is 3.38. The number of carbonyl (C=O) groups excluding carboxylic acids is 1. The second-order valence-electron chi connectivity index (χ2n) is 7.67. The number of nitrogens with two attached hydrogens (primary N) is 2. The van der Waals surface area contributed by atoms with Gasteiger partial charge >= 0.3 is 0 Å². The van der Waals surface area contributed by atoms with Crippen LogP contribution in [0.3, 0.4) is 0 Å². The second kappa shape index (κ2) is 9.97. The predicted octanol–water partition coefficient (Wildman–Crippen LogP) is 5.63. The maximum Gasteiger partial charge on any atom is 0.258 e. The Morgan fingerprint density at radius 1 is 0.758 bits per heavy atom. The van der Waals surface area contributed by atoms with Gasteiger partial charge in [-0.15, -0.1) is 0 Å². The monoisotopic (exact) mass is 441 g/mol. The number of carbonyl (C=O) groups is 1. The molecule has 0 radical (unpaired) electrons. The summed E-state index contributed by atoms with van der Waals surface area (Å²) in [5.74, 6) is -1.14. The number of amides is 1. The molecule has 0 aliphatic heterocycles. The van der Waals surface area contributed by atoms with Crippen LogP contribution in [-0.4, -0.2) is 5.91 Å². The van der Waals surface area contributed by atoms with Gasteiger partial charge in [0.1, 0.15) is 5.82 Å². The Bertz CT molecular complexity index is 1260. The third kappa shape index (κ3) is 5.56. The fraction of sp³-hybridized carbons (Fsp3) is 0.0741. The van der Waals surface area contributed by atoms with E-state index in [1.54, 1.807) is 36.4 Å². The molecular formula is C27H24FN3O2. The molecule has 0 fully saturated rings. The average molecular weight is 442 g/mol. The molecule has 0 aliphatic rings. The Kier molecular flexibility index (Phi) is 6.66. The van der Waals surface area contributed by atoms with Crippen LogP contribution >= 0.6 is 0 Å². The smallest absolute Gasteiger partial charge is 0.258 e. The van der Waals surface area contributed by atoms with Crippen molar-refractivity contribution in [3.8, 4) is 11.1 Å². The van der Waals surface area contributed by atoms with Crippen LogP contribution in [0.15, 0.2) is 91.0 Å². The summed E-state index contributed by atoms with van der Waals surface area (Å²) in [6.07, 6.45) is 0. The Balaban J connectivity index is 1.41. The van der Waals surface area contributed by atoms with E-state index in [9.17, 15) is 9.18 Å². The molecule has 4 aromatic rings. The molecule has 5 nitrogen and oxygen atoms in total. The van der Waals surface area contributed by atoms with Crippen LogP contribution in [0.25, 0.3) is 11.1 Å². The first-order valence-corrected chi connectivity index (χ1v) is 10.5. The molecule has 4 aromatic carbocycles. The molecule has 0 heterocycles. The maximum atomic E-state index is 14.4. The summed E-state index contributed by atoms with van der Waals surface area (Å²) in [5, 5.41) is 2.74. The van der Waals surface area contributed by atoms with E-state index in [1.165, 1.54) is 12.1 Å². The predicted molar refractivity (Wildman–Crippen MR) is 130 cm³/mol. The van der Waals surface area contributed by atoms with Gasteiger partial charge in [-0.3, -0.25) is 4.79 Å². The lowest BCUT2D eigenvalue weighted by atomic mass is 10.0. The van der Waals surface area contributed by atoms with Crippen molar-refractivity contribution in [3.05, 3.63) is 114 Å². The van der Waals surface area contributed by atoms with Crippen LogP contribution in [-0.2, 0) is 18.0 Å². The van der Waals surface area contributed by atoms with Gasteiger partial charge in [0, 0.05) is 5.69 Å². The van der Waals surface area contributed by atoms with E-state index in [4.69, 9.17) is 16.2 Å². The molecule has 0 spiro atoms. The van der Waals surface area contributed by atoms with Crippen LogP contribution in [0.5, 0.6) is 0 Å². The molecule has 0 aliphatic carbocycles. The SMILES string of the molecule is Nc1ccc(-c2ccc(F)c(C(=O)Nc3ccc(COCc4ccccc4)cc3)c2)cc1N. The number of hydrogen-bond acceptors (Lipinski definition) is 4. The van der Waals surface area contributed by atoms with Gasteiger partial charge in [-0.1, -0.05) is 54.6 Å². The van der Waals surface area contributed by atoms with Crippen LogP contribution < -0.4 is 16.8 Å². The Hall–Kier alpha value is -4.16. The highest BCUT2D eigenvalue weighted by molar-refractivity contribution is 6.05. The highest BCUT2D eigenvalue weighted by Crippen LogP contribution is 2.27. The highest BCUT2D eigenvalue weighted by atomic mass is 19.1. The Morgan fingerprint density at radius 3 is 2.09 bits per heavy atom. The zero-order valence-corrected chi connectivity index (χ0v) is 17.9. The standard InChI is InChI=1S/C27H24FN3O2/c28-24-12-8-20(21-9-13-25(29)26(30)15-21)14-23(24)27(32)31-22-10-6-19(7-11-22)17-33-16-18-4-2-1-3-5-18/h1-15H,16-17,29-30H2,(H,31,32). The van der Waals surface area contributed by atoms with E-state index in [0.717, 1.165) is 16.7 Å². The van der Waals surface area contributed by atoms with Crippen molar-refractivity contribution >= 4 is 23.0 Å². The number of hydrogen-bond donors (Lipinski definition) is 3. The lowest BCUT2D eigenvalue weighted by Gasteiger charge is -2.10. The van der Waals surface area contributed by atoms with Gasteiger partial charge in [0.05, 0.1) is 30.2 Å². The van der Waals surface area contributed by atoms with Crippen molar-refractivity contribution in [1.29, 1.82) is 0 Å². The summed E-state index contributed by atoms with van der Waals surface area (Å²) >= 11 is 0. The number of nitrogens with one attached hydrogen (secondary N) is 1. The van der Waals surface area contributed by atoms with Gasteiger partial charge in [-0.25, -0.2) is 4.39 Å². The first kappa shape index (κ1) is 22.0. The first-order valence-electron chi connectivity index (χ1n) is 10.5. The lowest BCUT2D eigenvalue weighted by Crippen LogP contribution is -2.14. The first-order chi connectivity index (χ1) is 16.0. The van der Waals surface area contributed by atoms with Crippen molar-refractivity contribution in [2.45, 2.75) is 13.2 Å². The molecule has 0 saturated carbocycles. The minimum Gasteiger partial charge on any atom is -0.397 e. The summed E-state index contributed by atoms with van der Waals surface area (Å²) < 4.78 is 20.1. The average Bonchev–Trinajstić information content (AvgIpc) is 2.83. The second-order valence-corrected chi connectivity index (χ2v) is 7.67. The molecule has 1 amide bonds. The molecule has 166 valence electrons. The summed E-state index contributed by atoms with van der Waals surface area (Å²) in [6.45, 7) is 0.971. The van der Waals surface area contributed by atoms with E-state index in [2.05, 4.69) is 5.32 Å². The molecule has 0 aromatic heterocycles. The number of anilines is 3. The zero-order chi connectivity index (χ0) is 23.2. The molecule has 4 rings (SSSR count). The third-order valence-corrected chi connectivity index (χ3v) is 5.22. The van der Waals surface area contributed by atoms with Crippen LogP contribution in [0.1, 0.15) is 21.5 Å². The number of ether oxygens (including phenoxy) is 1. The quantitative estimate of drug-likeness (QED) is 0.324. The summed E-state index contributed by atoms with van der Waals surface area (Å²) in [5.41, 5.74) is 16.5. The topological polar surface area (TPSA) is 90.4 Å². The van der Waals surface area contributed by atoms with Crippen molar-refractivity contribution in [3.63, 3.8) is 0 Å². The van der Waals surface area contributed by atoms with E-state index in [-0.39, 0.29) is 5.56 Å². The largest absolute Gasteiger partial charge is 0.397 e. The summed E-state index contributed by atoms with van der Waals surface area (Å²) in [7, 11) is 0. The molecule has 0 unspecified atom stereocenters. The van der Waals surface area contributed by atoms with E-state index in [0.29, 0.717) is 35.8 Å². The minimum atomic E-state index is -0.606. The molecule has 6 heteroatoms. The molecule has 5 N–H and O–H groups in total. The van der Waals surface area contributed by atoms with Crippen LogP contribution in [0, 0.1) is 5.82 Å². The molecule has 0 bridgehead atoms. The third-order valence-electron chi connectivity index (χ3n) is 5.22. The zero-order valence-electron chi connectivity index (χ0n) is 17.9. The van der Waals surface area contributed by atoms with Gasteiger partial charge in [-0.05, 0) is 58.7 Å². The number of nitrogen functional groups attached to an aromatic ring is 2. The molecule has 0 atom stereocenters. The van der Waals surface area contributed by atoms with Gasteiger partial charge in [0.2, 0.25) is 0 Å². The van der Waals surface area contributed by atoms with Crippen molar-refractivity contribution in [2.24, 2.45) is 0 Å². The van der Waals surface area contributed by atoms with Gasteiger partial charge in [0.15, 0.2) is 0 Å². The maximum absolute atomic E-state index is 14.4. The van der Waals surface area contributed by atoms with Gasteiger partial charge in [0.25, 0.3) is 5.91 Å². The van der Waals surface area contributed by atoms with E-state index >= 15 is 0 Å². The van der Waals surface area contributed by atoms with Crippen molar-refractivity contribution in [1.82, 2.24) is 0 Å². The Labute approximate surface area is 191 Å². The lowest BCUT2D eigenvalue weighted by molar-refractivity contribution is 0.102. The molecule has 33 heavy (non-hydrogen) atoms. The number of benzene rings is 4. The minimum absolute atomic E-state index is 0.0573. The summed E-state index contributed by atoms with van der Waals surface area (Å²) in [6, 6.07) is 26.7. The summed E-state index contributed by atoms with van der Waals surface area (Å²) in [4.78, 5) is 12.7.